The largest absolute Gasteiger partial charge is 0.349 e. The van der Waals surface area contributed by atoms with Gasteiger partial charge in [0.2, 0.25) is 5.91 Å². The predicted octanol–water partition coefficient (Wildman–Crippen LogP) is 1.41. The van der Waals surface area contributed by atoms with Gasteiger partial charge in [-0.1, -0.05) is 11.6 Å². The molecule has 0 radical (unpaired) electrons. The molecule has 0 aliphatic heterocycles. The van der Waals surface area contributed by atoms with Gasteiger partial charge in [-0.25, -0.2) is 9.89 Å². The van der Waals surface area contributed by atoms with E-state index >= 15 is 0 Å². The van der Waals surface area contributed by atoms with E-state index < -0.39 is 0 Å². The van der Waals surface area contributed by atoms with Gasteiger partial charge >= 0.3 is 5.69 Å². The maximum atomic E-state index is 11.8. The van der Waals surface area contributed by atoms with Crippen molar-refractivity contribution in [2.75, 3.05) is 0 Å². The van der Waals surface area contributed by atoms with Crippen molar-refractivity contribution in [3.63, 3.8) is 0 Å². The van der Waals surface area contributed by atoms with Gasteiger partial charge in [-0.2, -0.15) is 5.10 Å². The Labute approximate surface area is 130 Å². The number of carbonyl (C=O) groups is 1. The van der Waals surface area contributed by atoms with Crippen molar-refractivity contribution in [2.45, 2.75) is 19.5 Å². The second-order valence-corrected chi connectivity index (χ2v) is 5.30. The summed E-state index contributed by atoms with van der Waals surface area (Å²) in [5.41, 5.74) is 0.649. The van der Waals surface area contributed by atoms with Crippen LogP contribution in [-0.2, 0) is 17.9 Å². The first-order chi connectivity index (χ1) is 10.6. The molecule has 114 valence electrons. The van der Waals surface area contributed by atoms with E-state index in [0.29, 0.717) is 23.8 Å². The molecule has 0 aliphatic carbocycles. The van der Waals surface area contributed by atoms with Crippen LogP contribution in [0.4, 0.5) is 0 Å². The summed E-state index contributed by atoms with van der Waals surface area (Å²) in [5, 5.41) is 10.4. The number of rotatable bonds is 5. The molecule has 0 saturated heterocycles. The van der Waals surface area contributed by atoms with Crippen LogP contribution in [0.2, 0.25) is 5.02 Å². The summed E-state index contributed by atoms with van der Waals surface area (Å²) in [4.78, 5) is 25.2. The molecular formula is C14H14ClN5O2. The summed E-state index contributed by atoms with van der Waals surface area (Å²) in [7, 11) is 0. The van der Waals surface area contributed by atoms with Crippen LogP contribution in [0.15, 0.2) is 35.3 Å². The predicted molar refractivity (Wildman–Crippen MR) is 82.6 cm³/mol. The molecule has 1 aromatic carbocycles. The Kier molecular flexibility index (Phi) is 3.97. The molecule has 3 rings (SSSR count). The van der Waals surface area contributed by atoms with E-state index in [1.54, 1.807) is 0 Å². The average Bonchev–Trinajstić information content (AvgIpc) is 3.08. The molecule has 3 N–H and O–H groups in total. The normalized spacial score (nSPS) is 11.0. The van der Waals surface area contributed by atoms with Crippen molar-refractivity contribution in [2.24, 2.45) is 0 Å². The number of halogens is 1. The number of aryl methyl sites for hydroxylation is 1. The van der Waals surface area contributed by atoms with Crippen LogP contribution in [0.1, 0.15) is 12.2 Å². The fourth-order valence-corrected chi connectivity index (χ4v) is 2.43. The molecule has 0 spiro atoms. The highest BCUT2D eigenvalue weighted by Gasteiger charge is 2.06. The lowest BCUT2D eigenvalue weighted by Gasteiger charge is -2.06. The molecule has 1 amide bonds. The SMILES string of the molecule is O=C(CCn1ccc2cc(Cl)ccc21)NCc1n[nH]c(=O)[nH]1. The lowest BCUT2D eigenvalue weighted by molar-refractivity contribution is -0.121. The van der Waals surface area contributed by atoms with Crippen molar-refractivity contribution < 1.29 is 4.79 Å². The Morgan fingerprint density at radius 1 is 1.36 bits per heavy atom. The van der Waals surface area contributed by atoms with Gasteiger partial charge in [0.1, 0.15) is 5.82 Å². The summed E-state index contributed by atoms with van der Waals surface area (Å²) < 4.78 is 2.00. The monoisotopic (exact) mass is 319 g/mol. The summed E-state index contributed by atoms with van der Waals surface area (Å²) in [6, 6.07) is 7.62. The Morgan fingerprint density at radius 2 is 2.23 bits per heavy atom. The number of fused-ring (bicyclic) bond motifs is 1. The van der Waals surface area contributed by atoms with Crippen LogP contribution in [0.25, 0.3) is 10.9 Å². The molecule has 3 aromatic rings. The number of nitrogens with one attached hydrogen (secondary N) is 3. The zero-order valence-electron chi connectivity index (χ0n) is 11.6. The van der Waals surface area contributed by atoms with Crippen LogP contribution in [0, 0.1) is 0 Å². The van der Waals surface area contributed by atoms with Crippen molar-refractivity contribution in [1.29, 1.82) is 0 Å². The van der Waals surface area contributed by atoms with Crippen LogP contribution in [0.3, 0.4) is 0 Å². The van der Waals surface area contributed by atoms with E-state index in [1.807, 2.05) is 35.0 Å². The average molecular weight is 320 g/mol. The number of hydrogen-bond donors (Lipinski definition) is 3. The second-order valence-electron chi connectivity index (χ2n) is 4.86. The van der Waals surface area contributed by atoms with Crippen LogP contribution < -0.4 is 11.0 Å². The van der Waals surface area contributed by atoms with Gasteiger partial charge in [0, 0.05) is 35.1 Å². The van der Waals surface area contributed by atoms with Crippen molar-refractivity contribution >= 4 is 28.4 Å². The zero-order valence-corrected chi connectivity index (χ0v) is 12.4. The van der Waals surface area contributed by atoms with E-state index in [9.17, 15) is 9.59 Å². The Morgan fingerprint density at radius 3 is 3.00 bits per heavy atom. The Balaban J connectivity index is 1.57. The molecule has 0 fully saturated rings. The molecule has 0 unspecified atom stereocenters. The number of amides is 1. The summed E-state index contributed by atoms with van der Waals surface area (Å²) >= 11 is 5.95. The smallest absolute Gasteiger partial charge is 0.340 e. The first-order valence-electron chi connectivity index (χ1n) is 6.76. The third-order valence-electron chi connectivity index (χ3n) is 3.32. The molecule has 2 aromatic heterocycles. The molecule has 0 saturated carbocycles. The van der Waals surface area contributed by atoms with E-state index in [1.165, 1.54) is 0 Å². The third kappa shape index (κ3) is 3.20. The van der Waals surface area contributed by atoms with Gasteiger partial charge in [0.25, 0.3) is 0 Å². The fraction of sp³-hybridized carbons (Fsp3) is 0.214. The van der Waals surface area contributed by atoms with Gasteiger partial charge in [-0.05, 0) is 24.3 Å². The van der Waals surface area contributed by atoms with E-state index in [2.05, 4.69) is 20.5 Å². The van der Waals surface area contributed by atoms with Crippen molar-refractivity contribution in [3.05, 3.63) is 51.8 Å². The van der Waals surface area contributed by atoms with E-state index in [0.717, 1.165) is 10.9 Å². The Bertz CT molecular complexity index is 863. The van der Waals surface area contributed by atoms with Gasteiger partial charge in [-0.15, -0.1) is 0 Å². The quantitative estimate of drug-likeness (QED) is 0.663. The highest BCUT2D eigenvalue weighted by molar-refractivity contribution is 6.31. The first-order valence-corrected chi connectivity index (χ1v) is 7.14. The molecule has 2 heterocycles. The lowest BCUT2D eigenvalue weighted by Crippen LogP contribution is -2.24. The van der Waals surface area contributed by atoms with Gasteiger partial charge in [0.05, 0.1) is 6.54 Å². The summed E-state index contributed by atoms with van der Waals surface area (Å²) in [5.74, 6) is 0.291. The third-order valence-corrected chi connectivity index (χ3v) is 3.55. The van der Waals surface area contributed by atoms with Crippen molar-refractivity contribution in [1.82, 2.24) is 25.1 Å². The molecule has 8 heteroatoms. The molecule has 0 aliphatic rings. The topological polar surface area (TPSA) is 95.6 Å². The second kappa shape index (κ2) is 6.07. The zero-order chi connectivity index (χ0) is 15.5. The highest BCUT2D eigenvalue weighted by atomic mass is 35.5. The van der Waals surface area contributed by atoms with Crippen LogP contribution in [-0.4, -0.2) is 25.7 Å². The number of aromatic amines is 2. The number of carbonyl (C=O) groups excluding carboxylic acids is 1. The number of benzene rings is 1. The molecule has 0 bridgehead atoms. The van der Waals surface area contributed by atoms with Crippen molar-refractivity contribution in [3.8, 4) is 0 Å². The Hall–Kier alpha value is -2.54. The van der Waals surface area contributed by atoms with E-state index in [-0.39, 0.29) is 18.1 Å². The minimum atomic E-state index is -0.387. The molecular weight excluding hydrogens is 306 g/mol. The van der Waals surface area contributed by atoms with Crippen LogP contribution >= 0.6 is 11.6 Å². The lowest BCUT2D eigenvalue weighted by atomic mass is 10.2. The maximum absolute atomic E-state index is 11.8. The number of hydrogen-bond acceptors (Lipinski definition) is 3. The first kappa shape index (κ1) is 14.4. The molecule has 7 nitrogen and oxygen atoms in total. The highest BCUT2D eigenvalue weighted by Crippen LogP contribution is 2.20. The van der Waals surface area contributed by atoms with Gasteiger partial charge in [-0.3, -0.25) is 9.78 Å². The maximum Gasteiger partial charge on any atom is 0.340 e. The van der Waals surface area contributed by atoms with E-state index in [4.69, 9.17) is 11.6 Å². The molecule has 22 heavy (non-hydrogen) atoms. The standard InChI is InChI=1S/C14H14ClN5O2/c15-10-1-2-11-9(7-10)3-5-20(11)6-4-13(21)16-8-12-17-14(22)19-18-12/h1-3,5,7H,4,6,8H2,(H,16,21)(H2,17,18,19,22). The van der Waals surface area contributed by atoms with Gasteiger partial charge < -0.3 is 9.88 Å². The fourth-order valence-electron chi connectivity index (χ4n) is 2.25. The number of H-pyrrole nitrogens is 2. The number of aromatic nitrogens is 4. The number of nitrogens with zero attached hydrogens (tertiary/aromatic N) is 2. The van der Waals surface area contributed by atoms with Crippen LogP contribution in [0.5, 0.6) is 0 Å². The van der Waals surface area contributed by atoms with Gasteiger partial charge in [0.15, 0.2) is 0 Å². The minimum Gasteiger partial charge on any atom is -0.349 e. The molecule has 0 atom stereocenters. The summed E-state index contributed by atoms with van der Waals surface area (Å²) in [6.07, 6.45) is 2.26. The summed E-state index contributed by atoms with van der Waals surface area (Å²) in [6.45, 7) is 0.758. The minimum absolute atomic E-state index is 0.111.